The van der Waals surface area contributed by atoms with Crippen molar-refractivity contribution < 1.29 is 4.39 Å². The fourth-order valence-electron chi connectivity index (χ4n) is 2.12. The molecule has 3 rings (SSSR count). The Balaban J connectivity index is 1.84. The van der Waals surface area contributed by atoms with E-state index in [1.165, 1.54) is 25.0 Å². The van der Waals surface area contributed by atoms with Crippen LogP contribution in [0.5, 0.6) is 0 Å². The molecule has 104 valence electrons. The van der Waals surface area contributed by atoms with Crippen molar-refractivity contribution in [1.29, 1.82) is 0 Å². The zero-order valence-corrected chi connectivity index (χ0v) is 12.3. The van der Waals surface area contributed by atoms with E-state index < -0.39 is 0 Å². The van der Waals surface area contributed by atoms with Crippen LogP contribution in [0.4, 0.5) is 4.39 Å². The molecule has 0 aliphatic heterocycles. The second kappa shape index (κ2) is 5.72. The minimum Gasteiger partial charge on any atom is -0.310 e. The lowest BCUT2D eigenvalue weighted by Gasteiger charge is -2.09. The molecule has 1 N–H and O–H groups in total. The molecule has 4 heteroatoms. The van der Waals surface area contributed by atoms with E-state index in [9.17, 15) is 4.39 Å². The van der Waals surface area contributed by atoms with Gasteiger partial charge in [-0.15, -0.1) is 0 Å². The van der Waals surface area contributed by atoms with Gasteiger partial charge in [0.25, 0.3) is 0 Å². The van der Waals surface area contributed by atoms with Crippen LogP contribution in [-0.4, -0.2) is 6.04 Å². The average Bonchev–Trinajstić information content (AvgIpc) is 3.21. The molecule has 1 nitrogen and oxygen atoms in total. The first-order chi connectivity index (χ1) is 9.63. The van der Waals surface area contributed by atoms with Gasteiger partial charge in [-0.2, -0.15) is 0 Å². The van der Waals surface area contributed by atoms with Gasteiger partial charge in [0.2, 0.25) is 0 Å². The van der Waals surface area contributed by atoms with Gasteiger partial charge in [0, 0.05) is 23.2 Å². The predicted octanol–water partition coefficient (Wildman–Crippen LogP) is 5.05. The third-order valence-electron chi connectivity index (χ3n) is 3.45. The molecule has 0 amide bonds. The molecular weight excluding hydrogens is 296 g/mol. The molecule has 2 aromatic carbocycles. The molecule has 0 bridgehead atoms. The van der Waals surface area contributed by atoms with Crippen LogP contribution in [0.25, 0.3) is 11.1 Å². The number of rotatable bonds is 4. The Kier molecular flexibility index (Phi) is 3.97. The smallest absolute Gasteiger partial charge is 0.124 e. The van der Waals surface area contributed by atoms with E-state index in [2.05, 4.69) is 5.32 Å². The predicted molar refractivity (Wildman–Crippen MR) is 81.7 cm³/mol. The molecule has 0 saturated heterocycles. The number of nitrogens with one attached hydrogen (secondary N) is 1. The summed E-state index contributed by atoms with van der Waals surface area (Å²) in [5.74, 6) is -0.338. The second-order valence-corrected chi connectivity index (χ2v) is 5.90. The standard InChI is InChI=1S/C16H14Cl2FN/c17-15-7-10(14-6-3-12(19)8-16(14)18)1-2-11(15)9-20-13-4-5-13/h1-3,6-8,13,20H,4-5,9H2. The van der Waals surface area contributed by atoms with Crippen molar-refractivity contribution in [3.63, 3.8) is 0 Å². The molecule has 1 aliphatic carbocycles. The minimum atomic E-state index is -0.338. The van der Waals surface area contributed by atoms with Gasteiger partial charge in [0.15, 0.2) is 0 Å². The third kappa shape index (κ3) is 3.14. The number of halogens is 3. The summed E-state index contributed by atoms with van der Waals surface area (Å²) in [4.78, 5) is 0. The van der Waals surface area contributed by atoms with Gasteiger partial charge >= 0.3 is 0 Å². The fraction of sp³-hybridized carbons (Fsp3) is 0.250. The Hall–Kier alpha value is -1.09. The van der Waals surface area contributed by atoms with Gasteiger partial charge in [-0.25, -0.2) is 4.39 Å². The van der Waals surface area contributed by atoms with Gasteiger partial charge in [-0.1, -0.05) is 35.3 Å². The van der Waals surface area contributed by atoms with E-state index in [0.29, 0.717) is 16.1 Å². The lowest BCUT2D eigenvalue weighted by atomic mass is 10.0. The topological polar surface area (TPSA) is 12.0 Å². The normalized spacial score (nSPS) is 14.6. The van der Waals surface area contributed by atoms with Crippen molar-refractivity contribution >= 4 is 23.2 Å². The quantitative estimate of drug-likeness (QED) is 0.833. The van der Waals surface area contributed by atoms with Crippen LogP contribution in [0.15, 0.2) is 36.4 Å². The molecule has 0 aromatic heterocycles. The third-order valence-corrected chi connectivity index (χ3v) is 4.12. The number of benzene rings is 2. The van der Waals surface area contributed by atoms with E-state index in [1.807, 2.05) is 18.2 Å². The summed E-state index contributed by atoms with van der Waals surface area (Å²) in [5, 5.41) is 4.53. The largest absolute Gasteiger partial charge is 0.310 e. The fourth-order valence-corrected chi connectivity index (χ4v) is 2.65. The Morgan fingerprint density at radius 3 is 2.50 bits per heavy atom. The van der Waals surface area contributed by atoms with Crippen LogP contribution >= 0.6 is 23.2 Å². The van der Waals surface area contributed by atoms with Crippen molar-refractivity contribution in [2.45, 2.75) is 25.4 Å². The van der Waals surface area contributed by atoms with Crippen LogP contribution < -0.4 is 5.32 Å². The second-order valence-electron chi connectivity index (χ2n) is 5.09. The lowest BCUT2D eigenvalue weighted by molar-refractivity contribution is 0.628. The molecule has 20 heavy (non-hydrogen) atoms. The summed E-state index contributed by atoms with van der Waals surface area (Å²) in [6.07, 6.45) is 2.50. The summed E-state index contributed by atoms with van der Waals surface area (Å²) in [5.41, 5.74) is 2.76. The zero-order chi connectivity index (χ0) is 14.1. The highest BCUT2D eigenvalue weighted by molar-refractivity contribution is 6.34. The first-order valence-corrected chi connectivity index (χ1v) is 7.36. The Labute approximate surface area is 127 Å². The van der Waals surface area contributed by atoms with Crippen molar-refractivity contribution in [2.24, 2.45) is 0 Å². The SMILES string of the molecule is Fc1ccc(-c2ccc(CNC3CC3)c(Cl)c2)c(Cl)c1. The van der Waals surface area contributed by atoms with Crippen LogP contribution in [0, 0.1) is 5.82 Å². The highest BCUT2D eigenvalue weighted by Crippen LogP contribution is 2.31. The lowest BCUT2D eigenvalue weighted by Crippen LogP contribution is -2.15. The van der Waals surface area contributed by atoms with Gasteiger partial charge in [0.05, 0.1) is 5.02 Å². The minimum absolute atomic E-state index is 0.338. The van der Waals surface area contributed by atoms with Gasteiger partial charge in [-0.3, -0.25) is 0 Å². The molecule has 2 aromatic rings. The van der Waals surface area contributed by atoms with Crippen LogP contribution in [0.2, 0.25) is 10.0 Å². The highest BCUT2D eigenvalue weighted by Gasteiger charge is 2.20. The Morgan fingerprint density at radius 2 is 1.85 bits per heavy atom. The van der Waals surface area contributed by atoms with E-state index >= 15 is 0 Å². The Morgan fingerprint density at radius 1 is 1.05 bits per heavy atom. The van der Waals surface area contributed by atoms with Crippen LogP contribution in [0.3, 0.4) is 0 Å². The highest BCUT2D eigenvalue weighted by atomic mass is 35.5. The van der Waals surface area contributed by atoms with Crippen molar-refractivity contribution in [2.75, 3.05) is 0 Å². The monoisotopic (exact) mass is 309 g/mol. The summed E-state index contributed by atoms with van der Waals surface area (Å²) < 4.78 is 13.1. The summed E-state index contributed by atoms with van der Waals surface area (Å²) in [7, 11) is 0. The molecule has 0 unspecified atom stereocenters. The maximum atomic E-state index is 13.1. The summed E-state index contributed by atoms with van der Waals surface area (Å²) >= 11 is 12.4. The van der Waals surface area contributed by atoms with E-state index in [1.54, 1.807) is 6.07 Å². The summed E-state index contributed by atoms with van der Waals surface area (Å²) in [6.45, 7) is 0.779. The molecular formula is C16H14Cl2FN. The number of hydrogen-bond donors (Lipinski definition) is 1. The van der Waals surface area contributed by atoms with Gasteiger partial charge < -0.3 is 5.32 Å². The van der Waals surface area contributed by atoms with Crippen LogP contribution in [-0.2, 0) is 6.54 Å². The van der Waals surface area contributed by atoms with E-state index in [0.717, 1.165) is 23.2 Å². The molecule has 1 saturated carbocycles. The van der Waals surface area contributed by atoms with Gasteiger partial charge in [-0.05, 0) is 48.2 Å². The van der Waals surface area contributed by atoms with Crippen molar-refractivity contribution in [3.8, 4) is 11.1 Å². The van der Waals surface area contributed by atoms with E-state index in [-0.39, 0.29) is 5.82 Å². The van der Waals surface area contributed by atoms with E-state index in [4.69, 9.17) is 23.2 Å². The molecule has 0 atom stereocenters. The molecule has 0 heterocycles. The number of hydrogen-bond acceptors (Lipinski definition) is 1. The summed E-state index contributed by atoms with van der Waals surface area (Å²) in [6, 6.07) is 10.9. The maximum absolute atomic E-state index is 13.1. The zero-order valence-electron chi connectivity index (χ0n) is 10.8. The maximum Gasteiger partial charge on any atom is 0.124 e. The molecule has 0 radical (unpaired) electrons. The van der Waals surface area contributed by atoms with Gasteiger partial charge in [0.1, 0.15) is 5.82 Å². The average molecular weight is 310 g/mol. The molecule has 1 fully saturated rings. The first kappa shape index (κ1) is 13.9. The van der Waals surface area contributed by atoms with Crippen molar-refractivity contribution in [1.82, 2.24) is 5.32 Å². The van der Waals surface area contributed by atoms with Crippen LogP contribution in [0.1, 0.15) is 18.4 Å². The molecule has 1 aliphatic rings. The first-order valence-electron chi connectivity index (χ1n) is 6.61. The Bertz CT molecular complexity index is 638. The van der Waals surface area contributed by atoms with Crippen molar-refractivity contribution in [3.05, 3.63) is 57.8 Å². The molecule has 0 spiro atoms.